The maximum Gasteiger partial charge on any atom is 0.257 e. The molecule has 1 aromatic carbocycles. The average Bonchev–Trinajstić information content (AvgIpc) is 3.47. The topological polar surface area (TPSA) is 86.3 Å². The van der Waals surface area contributed by atoms with Crippen molar-refractivity contribution < 1.29 is 14.1 Å². The summed E-state index contributed by atoms with van der Waals surface area (Å²) in [7, 11) is 1.61. The zero-order valence-corrected chi connectivity index (χ0v) is 15.3. The van der Waals surface area contributed by atoms with Gasteiger partial charge in [0, 0.05) is 19.2 Å². The van der Waals surface area contributed by atoms with Crippen LogP contribution in [0.3, 0.4) is 0 Å². The van der Waals surface area contributed by atoms with Gasteiger partial charge >= 0.3 is 0 Å². The number of carbonyl (C=O) groups is 1. The molecule has 1 aliphatic heterocycles. The first-order valence-electron chi connectivity index (χ1n) is 9.02. The molecule has 1 fully saturated rings. The minimum atomic E-state index is -0.181. The summed E-state index contributed by atoms with van der Waals surface area (Å²) in [6.07, 6.45) is 5.73. The van der Waals surface area contributed by atoms with Crippen molar-refractivity contribution in [1.82, 2.24) is 24.8 Å². The third kappa shape index (κ3) is 3.18. The first-order valence-corrected chi connectivity index (χ1v) is 9.02. The second-order valence-corrected chi connectivity index (χ2v) is 6.40. The highest BCUT2D eigenvalue weighted by Gasteiger charge is 2.35. The summed E-state index contributed by atoms with van der Waals surface area (Å²) < 4.78 is 12.4. The van der Waals surface area contributed by atoms with E-state index in [-0.39, 0.29) is 11.9 Å². The van der Waals surface area contributed by atoms with Crippen molar-refractivity contribution in [2.45, 2.75) is 32.2 Å². The molecule has 0 radical (unpaired) electrons. The van der Waals surface area contributed by atoms with Crippen molar-refractivity contribution in [3.8, 4) is 11.4 Å². The number of carbonyl (C=O) groups excluding carboxylic acids is 1. The summed E-state index contributed by atoms with van der Waals surface area (Å²) in [6.45, 7) is 2.63. The van der Waals surface area contributed by atoms with E-state index in [1.165, 1.54) is 0 Å². The number of amides is 1. The van der Waals surface area contributed by atoms with Gasteiger partial charge in [-0.15, -0.1) is 0 Å². The van der Waals surface area contributed by atoms with Crippen LogP contribution >= 0.6 is 0 Å². The Labute approximate surface area is 156 Å². The van der Waals surface area contributed by atoms with E-state index >= 15 is 0 Å². The average molecular weight is 367 g/mol. The van der Waals surface area contributed by atoms with Gasteiger partial charge in [-0.05, 0) is 25.0 Å². The van der Waals surface area contributed by atoms with E-state index < -0.39 is 0 Å². The van der Waals surface area contributed by atoms with E-state index in [2.05, 4.69) is 15.2 Å². The number of likely N-dealkylation sites (tertiary alicyclic amines) is 1. The van der Waals surface area contributed by atoms with Gasteiger partial charge in [0.25, 0.3) is 5.91 Å². The molecule has 3 heterocycles. The molecule has 1 atom stereocenters. The molecule has 1 unspecified atom stereocenters. The Balaban J connectivity index is 1.58. The number of benzene rings is 1. The lowest BCUT2D eigenvalue weighted by Gasteiger charge is -2.21. The van der Waals surface area contributed by atoms with Crippen LogP contribution in [0.25, 0.3) is 5.69 Å². The maximum atomic E-state index is 13.1. The van der Waals surface area contributed by atoms with E-state index in [0.717, 1.165) is 18.5 Å². The summed E-state index contributed by atoms with van der Waals surface area (Å²) in [4.78, 5) is 19.2. The zero-order chi connectivity index (χ0) is 18.8. The van der Waals surface area contributed by atoms with Gasteiger partial charge in [0.15, 0.2) is 5.82 Å². The van der Waals surface area contributed by atoms with Gasteiger partial charge in [-0.1, -0.05) is 24.2 Å². The molecule has 1 saturated heterocycles. The van der Waals surface area contributed by atoms with E-state index in [0.29, 0.717) is 36.0 Å². The van der Waals surface area contributed by atoms with Crippen LogP contribution in [0.15, 0.2) is 41.2 Å². The number of rotatable bonds is 5. The predicted molar refractivity (Wildman–Crippen MR) is 96.8 cm³/mol. The van der Waals surface area contributed by atoms with Crippen LogP contribution in [0.2, 0.25) is 0 Å². The van der Waals surface area contributed by atoms with Gasteiger partial charge < -0.3 is 14.2 Å². The number of ether oxygens (including phenoxy) is 1. The maximum absolute atomic E-state index is 13.1. The van der Waals surface area contributed by atoms with Crippen molar-refractivity contribution in [1.29, 1.82) is 0 Å². The summed E-state index contributed by atoms with van der Waals surface area (Å²) in [5.41, 5.74) is 1.30. The smallest absolute Gasteiger partial charge is 0.257 e. The fourth-order valence-corrected chi connectivity index (χ4v) is 3.36. The SMILES string of the molecule is CCc1noc(C2CCCN2C(=O)c2cnn(-c3ccccc3OC)c2)n1. The van der Waals surface area contributed by atoms with Crippen molar-refractivity contribution in [3.63, 3.8) is 0 Å². The zero-order valence-electron chi connectivity index (χ0n) is 15.3. The Bertz CT molecular complexity index is 948. The Morgan fingerprint density at radius 2 is 2.22 bits per heavy atom. The summed E-state index contributed by atoms with van der Waals surface area (Å²) >= 11 is 0. The number of nitrogens with zero attached hydrogens (tertiary/aromatic N) is 5. The van der Waals surface area contributed by atoms with E-state index in [1.807, 2.05) is 31.2 Å². The van der Waals surface area contributed by atoms with Crippen molar-refractivity contribution in [2.75, 3.05) is 13.7 Å². The van der Waals surface area contributed by atoms with Gasteiger partial charge in [0.2, 0.25) is 5.89 Å². The Morgan fingerprint density at radius 3 is 3.00 bits per heavy atom. The van der Waals surface area contributed by atoms with Gasteiger partial charge in [-0.2, -0.15) is 10.1 Å². The van der Waals surface area contributed by atoms with Crippen LogP contribution in [0.4, 0.5) is 0 Å². The van der Waals surface area contributed by atoms with Gasteiger partial charge in [0.1, 0.15) is 17.5 Å². The van der Waals surface area contributed by atoms with Crippen LogP contribution in [-0.4, -0.2) is 44.4 Å². The van der Waals surface area contributed by atoms with E-state index in [4.69, 9.17) is 9.26 Å². The lowest BCUT2D eigenvalue weighted by molar-refractivity contribution is 0.0710. The highest BCUT2D eigenvalue weighted by atomic mass is 16.5. The molecule has 8 heteroatoms. The van der Waals surface area contributed by atoms with Crippen molar-refractivity contribution in [2.24, 2.45) is 0 Å². The molecule has 1 amide bonds. The van der Waals surface area contributed by atoms with Crippen molar-refractivity contribution in [3.05, 3.63) is 53.9 Å². The summed E-state index contributed by atoms with van der Waals surface area (Å²) in [5.74, 6) is 1.77. The van der Waals surface area contributed by atoms with Gasteiger partial charge in [-0.25, -0.2) is 4.68 Å². The lowest BCUT2D eigenvalue weighted by atomic mass is 10.2. The van der Waals surface area contributed by atoms with Crippen LogP contribution in [0, 0.1) is 0 Å². The van der Waals surface area contributed by atoms with Crippen molar-refractivity contribution >= 4 is 5.91 Å². The monoisotopic (exact) mass is 367 g/mol. The normalized spacial score (nSPS) is 16.7. The van der Waals surface area contributed by atoms with Crippen LogP contribution in [-0.2, 0) is 6.42 Å². The molecular formula is C19H21N5O3. The van der Waals surface area contributed by atoms with Crippen LogP contribution in [0.1, 0.15) is 47.9 Å². The number of hydrogen-bond acceptors (Lipinski definition) is 6. The fraction of sp³-hybridized carbons (Fsp3) is 0.368. The Morgan fingerprint density at radius 1 is 1.37 bits per heavy atom. The summed E-state index contributed by atoms with van der Waals surface area (Å²) in [6, 6.07) is 7.36. The molecule has 8 nitrogen and oxygen atoms in total. The minimum absolute atomic E-state index is 0.0881. The van der Waals surface area contributed by atoms with Gasteiger partial charge in [-0.3, -0.25) is 4.79 Å². The molecule has 3 aromatic rings. The van der Waals surface area contributed by atoms with Gasteiger partial charge in [0.05, 0.1) is 18.9 Å². The minimum Gasteiger partial charge on any atom is -0.494 e. The van der Waals surface area contributed by atoms with Crippen LogP contribution < -0.4 is 4.74 Å². The molecule has 1 aliphatic rings. The molecule has 0 saturated carbocycles. The molecular weight excluding hydrogens is 346 g/mol. The quantitative estimate of drug-likeness (QED) is 0.689. The highest BCUT2D eigenvalue weighted by molar-refractivity contribution is 5.94. The van der Waals surface area contributed by atoms with Crippen LogP contribution in [0.5, 0.6) is 5.75 Å². The standard InChI is InChI=1S/C19H21N5O3/c1-3-17-21-18(27-22-17)15-8-6-10-23(15)19(25)13-11-20-24(12-13)14-7-4-5-9-16(14)26-2/h4-5,7,9,11-12,15H,3,6,8,10H2,1-2H3. The Hall–Kier alpha value is -3.16. The molecule has 27 heavy (non-hydrogen) atoms. The summed E-state index contributed by atoms with van der Waals surface area (Å²) in [5, 5.41) is 8.29. The van der Waals surface area contributed by atoms with E-state index in [9.17, 15) is 4.79 Å². The molecule has 0 N–H and O–H groups in total. The second kappa shape index (κ2) is 7.22. The molecule has 0 spiro atoms. The first-order chi connectivity index (χ1) is 13.2. The predicted octanol–water partition coefficient (Wildman–Crippen LogP) is 2.80. The largest absolute Gasteiger partial charge is 0.494 e. The molecule has 0 aliphatic carbocycles. The molecule has 2 aromatic heterocycles. The second-order valence-electron chi connectivity index (χ2n) is 6.40. The third-order valence-corrected chi connectivity index (χ3v) is 4.76. The number of methoxy groups -OCH3 is 1. The Kier molecular flexibility index (Phi) is 4.62. The van der Waals surface area contributed by atoms with E-state index in [1.54, 1.807) is 29.1 Å². The highest BCUT2D eigenvalue weighted by Crippen LogP contribution is 2.32. The number of para-hydroxylation sites is 2. The molecule has 140 valence electrons. The molecule has 0 bridgehead atoms. The number of aryl methyl sites for hydroxylation is 1. The number of aromatic nitrogens is 4. The first kappa shape index (κ1) is 17.3. The number of hydrogen-bond donors (Lipinski definition) is 0. The third-order valence-electron chi connectivity index (χ3n) is 4.76. The fourth-order valence-electron chi connectivity index (χ4n) is 3.36. The molecule has 4 rings (SSSR count). The lowest BCUT2D eigenvalue weighted by Crippen LogP contribution is -2.30.